The molecule has 0 aliphatic carbocycles. The second kappa shape index (κ2) is 9.03. The van der Waals surface area contributed by atoms with Crippen LogP contribution in [0.25, 0.3) is 66.9 Å². The second-order valence-corrected chi connectivity index (χ2v) is 9.85. The maximum atomic E-state index is 4.70. The third-order valence-corrected chi connectivity index (χ3v) is 7.50. The third-order valence-electron chi connectivity index (χ3n) is 7.50. The molecule has 0 bridgehead atoms. The van der Waals surface area contributed by atoms with Crippen LogP contribution < -0.4 is 0 Å². The molecule has 0 atom stereocenters. The molecule has 5 aromatic carbocycles. The molecule has 8 aromatic rings. The van der Waals surface area contributed by atoms with Crippen LogP contribution >= 0.6 is 0 Å². The first-order valence-corrected chi connectivity index (χ1v) is 13.3. The summed E-state index contributed by atoms with van der Waals surface area (Å²) in [5.74, 6) is 1.58. The van der Waals surface area contributed by atoms with E-state index in [1.54, 1.807) is 0 Å². The first-order valence-electron chi connectivity index (χ1n) is 13.3. The summed E-state index contributed by atoms with van der Waals surface area (Å²) in [7, 11) is 0. The molecule has 3 aromatic heterocycles. The highest BCUT2D eigenvalue weighted by molar-refractivity contribution is 6.09. The van der Waals surface area contributed by atoms with Crippen molar-refractivity contribution in [2.75, 3.05) is 0 Å². The number of pyridine rings is 1. The fourth-order valence-electron chi connectivity index (χ4n) is 5.65. The number of nitrogens with zero attached hydrogens (tertiary/aromatic N) is 5. The summed E-state index contributed by atoms with van der Waals surface area (Å²) in [6.07, 6.45) is 1.82. The molecule has 0 aliphatic rings. The lowest BCUT2D eigenvalue weighted by molar-refractivity contribution is 1.07. The van der Waals surface area contributed by atoms with Gasteiger partial charge in [0.1, 0.15) is 0 Å². The first-order chi connectivity index (χ1) is 19.8. The third kappa shape index (κ3) is 3.52. The molecule has 188 valence electrons. The van der Waals surface area contributed by atoms with Crippen LogP contribution in [0.1, 0.15) is 0 Å². The van der Waals surface area contributed by atoms with Gasteiger partial charge in [-0.3, -0.25) is 9.55 Å². The van der Waals surface area contributed by atoms with Crippen molar-refractivity contribution in [3.8, 4) is 34.2 Å². The van der Waals surface area contributed by atoms with Gasteiger partial charge < -0.3 is 4.57 Å². The largest absolute Gasteiger partial charge is 0.309 e. The van der Waals surface area contributed by atoms with Crippen molar-refractivity contribution in [1.29, 1.82) is 0 Å². The van der Waals surface area contributed by atoms with Crippen LogP contribution in [-0.2, 0) is 0 Å². The Morgan fingerprint density at radius 2 is 1.05 bits per heavy atom. The number of rotatable bonds is 4. The van der Waals surface area contributed by atoms with Gasteiger partial charge in [0.15, 0.2) is 11.6 Å². The van der Waals surface area contributed by atoms with E-state index in [1.165, 1.54) is 21.8 Å². The average Bonchev–Trinajstić information content (AvgIpc) is 3.62. The minimum absolute atomic E-state index is 0.788. The molecule has 3 heterocycles. The zero-order valence-electron chi connectivity index (χ0n) is 21.5. The Bertz CT molecular complexity index is 2100. The van der Waals surface area contributed by atoms with Gasteiger partial charge in [0, 0.05) is 44.9 Å². The van der Waals surface area contributed by atoms with Crippen LogP contribution in [0.4, 0.5) is 0 Å². The lowest BCUT2D eigenvalue weighted by Gasteiger charge is -2.13. The van der Waals surface area contributed by atoms with Gasteiger partial charge in [-0.25, -0.2) is 0 Å². The van der Waals surface area contributed by atoms with Crippen molar-refractivity contribution in [3.05, 3.63) is 140 Å². The lowest BCUT2D eigenvalue weighted by atomic mass is 10.1. The smallest absolute Gasteiger partial charge is 0.168 e. The number of para-hydroxylation sites is 2. The zero-order chi connectivity index (χ0) is 26.5. The zero-order valence-corrected chi connectivity index (χ0v) is 21.5. The van der Waals surface area contributed by atoms with E-state index in [0.717, 1.165) is 45.1 Å². The van der Waals surface area contributed by atoms with Gasteiger partial charge in [-0.1, -0.05) is 72.8 Å². The number of hydrogen-bond donors (Lipinski definition) is 0. The molecular formula is C35H23N5. The summed E-state index contributed by atoms with van der Waals surface area (Å²) in [6, 6.07) is 46.3. The van der Waals surface area contributed by atoms with Crippen molar-refractivity contribution >= 4 is 32.7 Å². The number of aromatic nitrogens is 5. The van der Waals surface area contributed by atoms with E-state index in [9.17, 15) is 0 Å². The molecular weight excluding hydrogens is 490 g/mol. The molecule has 0 radical (unpaired) electrons. The quantitative estimate of drug-likeness (QED) is 0.238. The molecule has 40 heavy (non-hydrogen) atoms. The Morgan fingerprint density at radius 1 is 0.450 bits per heavy atom. The van der Waals surface area contributed by atoms with E-state index in [1.807, 2.05) is 30.5 Å². The molecule has 0 aliphatic heterocycles. The van der Waals surface area contributed by atoms with Gasteiger partial charge in [-0.15, -0.1) is 10.2 Å². The summed E-state index contributed by atoms with van der Waals surface area (Å²) in [5.41, 5.74) is 7.43. The predicted octanol–water partition coefficient (Wildman–Crippen LogP) is 8.25. The minimum atomic E-state index is 0.788. The lowest BCUT2D eigenvalue weighted by Crippen LogP contribution is -2.01. The topological polar surface area (TPSA) is 48.5 Å². The Hall–Kier alpha value is -5.55. The van der Waals surface area contributed by atoms with Crippen LogP contribution in [-0.4, -0.2) is 24.3 Å². The van der Waals surface area contributed by atoms with E-state index in [0.29, 0.717) is 0 Å². The van der Waals surface area contributed by atoms with Gasteiger partial charge in [-0.2, -0.15) is 0 Å². The fraction of sp³-hybridized carbons (Fsp3) is 0. The predicted molar refractivity (Wildman–Crippen MR) is 162 cm³/mol. The average molecular weight is 514 g/mol. The fourth-order valence-corrected chi connectivity index (χ4v) is 5.65. The van der Waals surface area contributed by atoms with Crippen molar-refractivity contribution in [3.63, 3.8) is 0 Å². The van der Waals surface area contributed by atoms with Crippen LogP contribution in [0.5, 0.6) is 0 Å². The van der Waals surface area contributed by atoms with Crippen molar-refractivity contribution < 1.29 is 0 Å². The summed E-state index contributed by atoms with van der Waals surface area (Å²) in [6.45, 7) is 0. The van der Waals surface area contributed by atoms with E-state index in [-0.39, 0.29) is 0 Å². The maximum absolute atomic E-state index is 4.70. The Morgan fingerprint density at radius 3 is 1.75 bits per heavy atom. The second-order valence-electron chi connectivity index (χ2n) is 9.85. The first kappa shape index (κ1) is 22.4. The Labute approximate surface area is 230 Å². The van der Waals surface area contributed by atoms with Crippen LogP contribution in [0, 0.1) is 0 Å². The maximum Gasteiger partial charge on any atom is 0.168 e. The molecule has 0 unspecified atom stereocenters. The number of fused-ring (bicyclic) bond motifs is 4. The summed E-state index contributed by atoms with van der Waals surface area (Å²) < 4.78 is 4.46. The molecule has 5 nitrogen and oxygen atoms in total. The molecule has 0 N–H and O–H groups in total. The van der Waals surface area contributed by atoms with E-state index < -0.39 is 0 Å². The molecule has 8 rings (SSSR count). The van der Waals surface area contributed by atoms with Crippen molar-refractivity contribution in [2.24, 2.45) is 0 Å². The SMILES string of the molecule is c1ccc(-c2nnc(-c3ccc(-n4c5ccccc5c5ccccc54)cc3)n2-c2ccc3ncccc3c2)cc1. The van der Waals surface area contributed by atoms with Crippen molar-refractivity contribution in [1.82, 2.24) is 24.3 Å². The van der Waals surface area contributed by atoms with Crippen LogP contribution in [0.2, 0.25) is 0 Å². The van der Waals surface area contributed by atoms with Crippen molar-refractivity contribution in [2.45, 2.75) is 0 Å². The van der Waals surface area contributed by atoms with E-state index in [2.05, 4.69) is 128 Å². The summed E-state index contributed by atoms with van der Waals surface area (Å²) in [5, 5.41) is 12.9. The van der Waals surface area contributed by atoms with E-state index in [4.69, 9.17) is 5.10 Å². The highest BCUT2D eigenvalue weighted by Gasteiger charge is 2.18. The van der Waals surface area contributed by atoms with E-state index >= 15 is 0 Å². The van der Waals surface area contributed by atoms with Gasteiger partial charge >= 0.3 is 0 Å². The Kier molecular flexibility index (Phi) is 5.07. The van der Waals surface area contributed by atoms with Crippen LogP contribution in [0.3, 0.4) is 0 Å². The van der Waals surface area contributed by atoms with Gasteiger partial charge in [0.05, 0.1) is 16.6 Å². The molecule has 0 amide bonds. The molecule has 0 saturated heterocycles. The summed E-state index contributed by atoms with van der Waals surface area (Å²) in [4.78, 5) is 4.50. The molecule has 0 saturated carbocycles. The van der Waals surface area contributed by atoms with Gasteiger partial charge in [0.25, 0.3) is 0 Å². The van der Waals surface area contributed by atoms with Gasteiger partial charge in [-0.05, 0) is 60.7 Å². The summed E-state index contributed by atoms with van der Waals surface area (Å²) >= 11 is 0. The Balaban J connectivity index is 1.30. The monoisotopic (exact) mass is 513 g/mol. The van der Waals surface area contributed by atoms with Crippen LogP contribution in [0.15, 0.2) is 140 Å². The molecule has 0 spiro atoms. The standard InChI is InChI=1S/C35H23N5/c1-2-9-24(10-3-1)34-37-38-35(40(34)28-20-21-31-26(23-28)11-8-22-36-31)25-16-18-27(19-17-25)39-32-14-6-4-12-29(32)30-13-5-7-15-33(30)39/h1-23H. The number of benzene rings is 5. The highest BCUT2D eigenvalue weighted by atomic mass is 15.3. The minimum Gasteiger partial charge on any atom is -0.309 e. The number of hydrogen-bond acceptors (Lipinski definition) is 3. The molecule has 5 heteroatoms. The highest BCUT2D eigenvalue weighted by Crippen LogP contribution is 2.34. The molecule has 0 fully saturated rings. The normalized spacial score (nSPS) is 11.5. The van der Waals surface area contributed by atoms with Gasteiger partial charge in [0.2, 0.25) is 0 Å².